The highest BCUT2D eigenvalue weighted by molar-refractivity contribution is 5.87. The average Bonchev–Trinajstić information content (AvgIpc) is 2.58. The van der Waals surface area contributed by atoms with Crippen molar-refractivity contribution in [2.45, 2.75) is 19.7 Å². The number of nitrogens with one attached hydrogen (secondary N) is 1. The Kier molecular flexibility index (Phi) is 4.55. The molecule has 0 aliphatic carbocycles. The second-order valence-corrected chi connectivity index (χ2v) is 5.47. The number of aliphatic hydroxyl groups excluding tert-OH is 1. The largest absolute Gasteiger partial charge is 0.508 e. The van der Waals surface area contributed by atoms with Gasteiger partial charge < -0.3 is 15.5 Å². The zero-order chi connectivity index (χ0) is 16.2. The molecule has 0 fully saturated rings. The molecule has 3 aromatic carbocycles. The molecule has 23 heavy (non-hydrogen) atoms. The number of benzene rings is 3. The fourth-order valence-corrected chi connectivity index (χ4v) is 2.70. The molecule has 0 radical (unpaired) electrons. The third kappa shape index (κ3) is 3.33. The first-order chi connectivity index (χ1) is 11.2. The summed E-state index contributed by atoms with van der Waals surface area (Å²) in [7, 11) is 0. The van der Waals surface area contributed by atoms with E-state index in [1.165, 1.54) is 6.07 Å². The summed E-state index contributed by atoms with van der Waals surface area (Å²) in [5.41, 5.74) is 2.01. The quantitative estimate of drug-likeness (QED) is 0.676. The summed E-state index contributed by atoms with van der Waals surface area (Å²) in [5.74, 6) is -0.144. The summed E-state index contributed by atoms with van der Waals surface area (Å²) in [6, 6.07) is 16.2. The van der Waals surface area contributed by atoms with E-state index >= 15 is 0 Å². The lowest BCUT2D eigenvalue weighted by Crippen LogP contribution is -2.13. The van der Waals surface area contributed by atoms with E-state index in [1.54, 1.807) is 18.2 Å². The van der Waals surface area contributed by atoms with E-state index in [9.17, 15) is 9.50 Å². The Labute approximate surface area is 134 Å². The molecule has 118 valence electrons. The fraction of sp³-hybridized carbons (Fsp3) is 0.158. The molecule has 3 N–H and O–H groups in total. The van der Waals surface area contributed by atoms with Crippen LogP contribution in [-0.2, 0) is 19.7 Å². The molecule has 3 nitrogen and oxygen atoms in total. The van der Waals surface area contributed by atoms with Crippen molar-refractivity contribution >= 4 is 10.8 Å². The van der Waals surface area contributed by atoms with Crippen LogP contribution in [0.15, 0.2) is 54.6 Å². The maximum atomic E-state index is 13.4. The van der Waals surface area contributed by atoms with Crippen molar-refractivity contribution in [1.29, 1.82) is 0 Å². The number of phenolic OH excluding ortho intramolecular Hbond substituents is 1. The molecule has 4 heteroatoms. The molecule has 0 amide bonds. The number of aromatic hydroxyl groups is 1. The molecule has 0 saturated heterocycles. The van der Waals surface area contributed by atoms with Gasteiger partial charge in [0.2, 0.25) is 0 Å². The number of phenols is 1. The molecule has 0 bridgehead atoms. The third-order valence-electron chi connectivity index (χ3n) is 3.93. The van der Waals surface area contributed by atoms with Crippen LogP contribution in [0.2, 0.25) is 0 Å². The van der Waals surface area contributed by atoms with Crippen LogP contribution < -0.4 is 5.32 Å². The number of hydrogen-bond acceptors (Lipinski definition) is 3. The van der Waals surface area contributed by atoms with Crippen LogP contribution in [-0.4, -0.2) is 10.2 Å². The number of fused-ring (bicyclic) bond motifs is 1. The topological polar surface area (TPSA) is 52.5 Å². The lowest BCUT2D eigenvalue weighted by Gasteiger charge is -2.11. The summed E-state index contributed by atoms with van der Waals surface area (Å²) >= 11 is 0. The summed E-state index contributed by atoms with van der Waals surface area (Å²) < 4.78 is 13.4. The highest BCUT2D eigenvalue weighted by Gasteiger charge is 2.07. The van der Waals surface area contributed by atoms with E-state index < -0.39 is 5.82 Å². The SMILES string of the molecule is OCc1cc(CNCc2c(O)ccc3ccccc23)ccc1F. The molecule has 0 spiro atoms. The minimum Gasteiger partial charge on any atom is -0.508 e. The van der Waals surface area contributed by atoms with E-state index in [0.29, 0.717) is 13.1 Å². The summed E-state index contributed by atoms with van der Waals surface area (Å²) in [6.45, 7) is 0.707. The predicted octanol–water partition coefficient (Wildman–Crippen LogP) is 3.47. The van der Waals surface area contributed by atoms with Crippen LogP contribution in [0.25, 0.3) is 10.8 Å². The van der Waals surface area contributed by atoms with Crippen molar-refractivity contribution in [3.63, 3.8) is 0 Å². The monoisotopic (exact) mass is 311 g/mol. The second-order valence-electron chi connectivity index (χ2n) is 5.47. The highest BCUT2D eigenvalue weighted by atomic mass is 19.1. The smallest absolute Gasteiger partial charge is 0.128 e. The Bertz CT molecular complexity index is 833. The van der Waals surface area contributed by atoms with Gasteiger partial charge in [0.25, 0.3) is 0 Å². The highest BCUT2D eigenvalue weighted by Crippen LogP contribution is 2.27. The Hall–Kier alpha value is -2.43. The van der Waals surface area contributed by atoms with E-state index in [4.69, 9.17) is 5.11 Å². The lowest BCUT2D eigenvalue weighted by atomic mass is 10.0. The summed E-state index contributed by atoms with van der Waals surface area (Å²) in [5, 5.41) is 24.6. The van der Waals surface area contributed by atoms with Crippen LogP contribution in [0.1, 0.15) is 16.7 Å². The number of aliphatic hydroxyl groups is 1. The zero-order valence-corrected chi connectivity index (χ0v) is 12.6. The van der Waals surface area contributed by atoms with Gasteiger partial charge in [0.05, 0.1) is 6.61 Å². The van der Waals surface area contributed by atoms with Crippen LogP contribution >= 0.6 is 0 Å². The van der Waals surface area contributed by atoms with Gasteiger partial charge in [-0.1, -0.05) is 36.4 Å². The first kappa shape index (κ1) is 15.5. The van der Waals surface area contributed by atoms with Crippen molar-refractivity contribution in [3.8, 4) is 5.75 Å². The molecule has 0 aromatic heterocycles. The Balaban J connectivity index is 1.75. The lowest BCUT2D eigenvalue weighted by molar-refractivity contribution is 0.275. The fourth-order valence-electron chi connectivity index (χ4n) is 2.70. The van der Waals surface area contributed by atoms with Crippen molar-refractivity contribution in [2.75, 3.05) is 0 Å². The summed E-state index contributed by atoms with van der Waals surface area (Å²) in [6.07, 6.45) is 0. The van der Waals surface area contributed by atoms with Gasteiger partial charge in [0.1, 0.15) is 11.6 Å². The Morgan fingerprint density at radius 1 is 0.957 bits per heavy atom. The van der Waals surface area contributed by atoms with Gasteiger partial charge in [-0.05, 0) is 34.5 Å². The maximum absolute atomic E-state index is 13.4. The number of hydrogen-bond donors (Lipinski definition) is 3. The molecular weight excluding hydrogens is 293 g/mol. The second kappa shape index (κ2) is 6.77. The molecule has 0 unspecified atom stereocenters. The normalized spacial score (nSPS) is 11.0. The third-order valence-corrected chi connectivity index (χ3v) is 3.93. The number of rotatable bonds is 5. The van der Waals surface area contributed by atoms with Crippen molar-refractivity contribution < 1.29 is 14.6 Å². The van der Waals surface area contributed by atoms with E-state index in [2.05, 4.69) is 5.32 Å². The van der Waals surface area contributed by atoms with Crippen molar-refractivity contribution in [3.05, 3.63) is 77.1 Å². The van der Waals surface area contributed by atoms with E-state index in [0.717, 1.165) is 21.9 Å². The van der Waals surface area contributed by atoms with Gasteiger partial charge in [0, 0.05) is 24.2 Å². The Morgan fingerprint density at radius 3 is 2.61 bits per heavy atom. The molecule has 3 aromatic rings. The molecule has 0 aliphatic rings. The molecule has 0 aliphatic heterocycles. The van der Waals surface area contributed by atoms with Gasteiger partial charge in [0.15, 0.2) is 0 Å². The van der Waals surface area contributed by atoms with Gasteiger partial charge in [-0.15, -0.1) is 0 Å². The predicted molar refractivity (Wildman–Crippen MR) is 88.5 cm³/mol. The minimum absolute atomic E-state index is 0.256. The maximum Gasteiger partial charge on any atom is 0.128 e. The van der Waals surface area contributed by atoms with E-state index in [1.807, 2.05) is 30.3 Å². The van der Waals surface area contributed by atoms with Crippen LogP contribution in [0.5, 0.6) is 5.75 Å². The summed E-state index contributed by atoms with van der Waals surface area (Å²) in [4.78, 5) is 0. The van der Waals surface area contributed by atoms with Gasteiger partial charge in [-0.2, -0.15) is 0 Å². The van der Waals surface area contributed by atoms with Crippen molar-refractivity contribution in [1.82, 2.24) is 5.32 Å². The molecular formula is C19H18FNO2. The van der Waals surface area contributed by atoms with Gasteiger partial charge in [-0.25, -0.2) is 4.39 Å². The van der Waals surface area contributed by atoms with Gasteiger partial charge >= 0.3 is 0 Å². The molecule has 0 saturated carbocycles. The van der Waals surface area contributed by atoms with Gasteiger partial charge in [-0.3, -0.25) is 0 Å². The molecule has 3 rings (SSSR count). The Morgan fingerprint density at radius 2 is 1.78 bits per heavy atom. The first-order valence-corrected chi connectivity index (χ1v) is 7.47. The molecule has 0 atom stereocenters. The van der Waals surface area contributed by atoms with Crippen molar-refractivity contribution in [2.24, 2.45) is 0 Å². The van der Waals surface area contributed by atoms with Crippen LogP contribution in [0, 0.1) is 5.82 Å². The van der Waals surface area contributed by atoms with E-state index in [-0.39, 0.29) is 17.9 Å². The molecule has 0 heterocycles. The standard InChI is InChI=1S/C19H18FNO2/c20-18-7-5-13(9-15(18)12-22)10-21-11-17-16-4-2-1-3-14(16)6-8-19(17)23/h1-9,21-23H,10-12H2. The zero-order valence-electron chi connectivity index (χ0n) is 12.6. The minimum atomic E-state index is -0.400. The number of halogens is 1. The first-order valence-electron chi connectivity index (χ1n) is 7.47. The van der Waals surface area contributed by atoms with Crippen LogP contribution in [0.3, 0.4) is 0 Å². The average molecular weight is 311 g/mol. The van der Waals surface area contributed by atoms with Crippen LogP contribution in [0.4, 0.5) is 4.39 Å².